The number of carbonyl (C=O) groups excluding carboxylic acids is 2. The van der Waals surface area contributed by atoms with E-state index < -0.39 is 23.1 Å². The zero-order valence-electron chi connectivity index (χ0n) is 15.5. The molecule has 8 heteroatoms. The van der Waals surface area contributed by atoms with Gasteiger partial charge in [-0.25, -0.2) is 9.18 Å². The predicted octanol–water partition coefficient (Wildman–Crippen LogP) is 2.97. The van der Waals surface area contributed by atoms with Gasteiger partial charge in [-0.1, -0.05) is 12.1 Å². The van der Waals surface area contributed by atoms with E-state index in [9.17, 15) is 23.9 Å². The highest BCUT2D eigenvalue weighted by Crippen LogP contribution is 2.26. The third kappa shape index (κ3) is 3.66. The van der Waals surface area contributed by atoms with E-state index in [1.54, 1.807) is 38.1 Å². The Morgan fingerprint density at radius 3 is 2.43 bits per heavy atom. The highest BCUT2D eigenvalue weighted by molar-refractivity contribution is 6.05. The maximum atomic E-state index is 14.2. The van der Waals surface area contributed by atoms with Gasteiger partial charge < -0.3 is 15.7 Å². The molecular formula is C20H20FN3O4. The molecule has 2 aromatic carbocycles. The Hall–Kier alpha value is -3.42. The molecule has 1 heterocycles. The first kappa shape index (κ1) is 19.3. The fourth-order valence-corrected chi connectivity index (χ4v) is 2.87. The van der Waals surface area contributed by atoms with Gasteiger partial charge in [-0.05, 0) is 49.7 Å². The number of anilines is 2. The van der Waals surface area contributed by atoms with Gasteiger partial charge in [0, 0.05) is 24.5 Å². The zero-order chi connectivity index (χ0) is 20.5. The fraction of sp³-hybridized carbons (Fsp3) is 0.250. The van der Waals surface area contributed by atoms with Gasteiger partial charge in [-0.15, -0.1) is 0 Å². The maximum Gasteiger partial charge on any atom is 0.321 e. The third-order valence-corrected chi connectivity index (χ3v) is 4.76. The van der Waals surface area contributed by atoms with Gasteiger partial charge in [0.05, 0.1) is 11.0 Å². The smallest absolute Gasteiger partial charge is 0.321 e. The fourth-order valence-electron chi connectivity index (χ4n) is 2.87. The molecule has 3 amide bonds. The van der Waals surface area contributed by atoms with Crippen molar-refractivity contribution in [2.75, 3.05) is 23.3 Å². The number of carboxylic acids is 1. The maximum absolute atomic E-state index is 14.2. The molecule has 146 valence electrons. The van der Waals surface area contributed by atoms with Crippen LogP contribution in [0, 0.1) is 5.82 Å². The summed E-state index contributed by atoms with van der Waals surface area (Å²) in [6.45, 7) is 4.08. The standard InChI is InChI=1S/C20H20FN3O4/c1-20(2,18(26)27)12-3-5-13(6-4-12)23-17(25)15-11-14(7-8-16(15)21)24-10-9-22-19(24)28/h3-8,11H,9-10H2,1-2H3,(H,22,28)(H,23,25)(H,26,27). The van der Waals surface area contributed by atoms with Crippen LogP contribution < -0.4 is 15.5 Å². The summed E-state index contributed by atoms with van der Waals surface area (Å²) in [5.74, 6) is -2.33. The molecule has 7 nitrogen and oxygen atoms in total. The lowest BCUT2D eigenvalue weighted by Crippen LogP contribution is -2.28. The molecule has 1 fully saturated rings. The van der Waals surface area contributed by atoms with Gasteiger partial charge in [-0.2, -0.15) is 0 Å². The van der Waals surface area contributed by atoms with Crippen molar-refractivity contribution in [1.29, 1.82) is 0 Å². The first-order valence-corrected chi connectivity index (χ1v) is 8.70. The summed E-state index contributed by atoms with van der Waals surface area (Å²) in [5.41, 5.74) is 0.149. The summed E-state index contributed by atoms with van der Waals surface area (Å²) in [5, 5.41) is 14.5. The van der Waals surface area contributed by atoms with Crippen molar-refractivity contribution in [3.8, 4) is 0 Å². The number of nitrogens with one attached hydrogen (secondary N) is 2. The number of urea groups is 1. The Kier molecular flexibility index (Phi) is 5.04. The van der Waals surface area contributed by atoms with Gasteiger partial charge in [0.1, 0.15) is 5.82 Å². The number of halogens is 1. The number of hydrogen-bond donors (Lipinski definition) is 3. The van der Waals surface area contributed by atoms with Gasteiger partial charge >= 0.3 is 12.0 Å². The SMILES string of the molecule is CC(C)(C(=O)O)c1ccc(NC(=O)c2cc(N3CCNC3=O)ccc2F)cc1. The van der Waals surface area contributed by atoms with E-state index in [-0.39, 0.29) is 11.6 Å². The van der Waals surface area contributed by atoms with Crippen molar-refractivity contribution < 1.29 is 23.9 Å². The van der Waals surface area contributed by atoms with Gasteiger partial charge in [-0.3, -0.25) is 14.5 Å². The van der Waals surface area contributed by atoms with Crippen LogP contribution in [0.25, 0.3) is 0 Å². The second-order valence-corrected chi connectivity index (χ2v) is 7.01. The van der Waals surface area contributed by atoms with E-state index >= 15 is 0 Å². The number of benzene rings is 2. The molecule has 0 aromatic heterocycles. The summed E-state index contributed by atoms with van der Waals surface area (Å²) in [6.07, 6.45) is 0. The lowest BCUT2D eigenvalue weighted by Gasteiger charge is -2.20. The molecule has 0 spiro atoms. The minimum Gasteiger partial charge on any atom is -0.481 e. The Labute approximate surface area is 161 Å². The van der Waals surface area contributed by atoms with E-state index in [4.69, 9.17) is 0 Å². The van der Waals surface area contributed by atoms with Crippen molar-refractivity contribution in [2.24, 2.45) is 0 Å². The molecule has 28 heavy (non-hydrogen) atoms. The van der Waals surface area contributed by atoms with Crippen LogP contribution >= 0.6 is 0 Å². The van der Waals surface area contributed by atoms with E-state index in [0.717, 1.165) is 6.07 Å². The Balaban J connectivity index is 1.79. The van der Waals surface area contributed by atoms with Crippen LogP contribution in [0.2, 0.25) is 0 Å². The van der Waals surface area contributed by atoms with Crippen molar-refractivity contribution in [3.05, 3.63) is 59.4 Å². The molecule has 3 rings (SSSR count). The number of aliphatic carboxylic acids is 1. The average molecular weight is 385 g/mol. The number of nitrogens with zero attached hydrogens (tertiary/aromatic N) is 1. The van der Waals surface area contributed by atoms with Crippen LogP contribution in [0.4, 0.5) is 20.6 Å². The Morgan fingerprint density at radius 1 is 1.18 bits per heavy atom. The Morgan fingerprint density at radius 2 is 1.86 bits per heavy atom. The van der Waals surface area contributed by atoms with Crippen LogP contribution in [-0.2, 0) is 10.2 Å². The first-order valence-electron chi connectivity index (χ1n) is 8.70. The molecule has 0 aliphatic carbocycles. The second-order valence-electron chi connectivity index (χ2n) is 7.01. The molecule has 1 aliphatic heterocycles. The number of carbonyl (C=O) groups is 3. The quantitative estimate of drug-likeness (QED) is 0.737. The monoisotopic (exact) mass is 385 g/mol. The summed E-state index contributed by atoms with van der Waals surface area (Å²) < 4.78 is 14.2. The number of hydrogen-bond acceptors (Lipinski definition) is 3. The molecule has 0 unspecified atom stereocenters. The van der Waals surface area contributed by atoms with Crippen molar-refractivity contribution in [2.45, 2.75) is 19.3 Å². The van der Waals surface area contributed by atoms with E-state index in [0.29, 0.717) is 30.0 Å². The van der Waals surface area contributed by atoms with Crippen molar-refractivity contribution in [3.63, 3.8) is 0 Å². The molecular weight excluding hydrogens is 365 g/mol. The predicted molar refractivity (Wildman–Crippen MR) is 102 cm³/mol. The number of rotatable bonds is 5. The number of carboxylic acid groups (broad SMARTS) is 1. The minimum absolute atomic E-state index is 0.188. The molecule has 0 bridgehead atoms. The lowest BCUT2D eigenvalue weighted by atomic mass is 9.85. The zero-order valence-corrected chi connectivity index (χ0v) is 15.5. The second kappa shape index (κ2) is 7.30. The van der Waals surface area contributed by atoms with Crippen LogP contribution in [0.1, 0.15) is 29.8 Å². The molecule has 2 aromatic rings. The van der Waals surface area contributed by atoms with Gasteiger partial charge in [0.2, 0.25) is 0 Å². The van der Waals surface area contributed by atoms with Gasteiger partial charge in [0.25, 0.3) is 5.91 Å². The normalized spacial score (nSPS) is 14.0. The average Bonchev–Trinajstić information content (AvgIpc) is 3.08. The Bertz CT molecular complexity index is 941. The molecule has 0 radical (unpaired) electrons. The minimum atomic E-state index is -1.07. The highest BCUT2D eigenvalue weighted by Gasteiger charge is 2.29. The molecule has 0 atom stereocenters. The number of amides is 3. The summed E-state index contributed by atoms with van der Waals surface area (Å²) in [6, 6.07) is 9.96. The highest BCUT2D eigenvalue weighted by atomic mass is 19.1. The van der Waals surface area contributed by atoms with Crippen molar-refractivity contribution in [1.82, 2.24) is 5.32 Å². The molecule has 1 aliphatic rings. The topological polar surface area (TPSA) is 98.7 Å². The van der Waals surface area contributed by atoms with Crippen LogP contribution in [0.15, 0.2) is 42.5 Å². The summed E-state index contributed by atoms with van der Waals surface area (Å²) in [7, 11) is 0. The van der Waals surface area contributed by atoms with Crippen molar-refractivity contribution >= 4 is 29.3 Å². The largest absolute Gasteiger partial charge is 0.481 e. The first-order chi connectivity index (χ1) is 13.2. The van der Waals surface area contributed by atoms with E-state index in [2.05, 4.69) is 10.6 Å². The van der Waals surface area contributed by atoms with Gasteiger partial charge in [0.15, 0.2) is 0 Å². The van der Waals surface area contributed by atoms with Crippen LogP contribution in [0.5, 0.6) is 0 Å². The molecule has 1 saturated heterocycles. The van der Waals surface area contributed by atoms with E-state index in [1.807, 2.05) is 0 Å². The molecule has 3 N–H and O–H groups in total. The third-order valence-electron chi connectivity index (χ3n) is 4.76. The van der Waals surface area contributed by atoms with Crippen LogP contribution in [0.3, 0.4) is 0 Å². The summed E-state index contributed by atoms with van der Waals surface area (Å²) in [4.78, 5) is 37.0. The molecule has 0 saturated carbocycles. The van der Waals surface area contributed by atoms with Crippen LogP contribution in [-0.4, -0.2) is 36.1 Å². The lowest BCUT2D eigenvalue weighted by molar-refractivity contribution is -0.142. The summed E-state index contributed by atoms with van der Waals surface area (Å²) >= 11 is 0. The van der Waals surface area contributed by atoms with E-state index in [1.165, 1.54) is 17.0 Å².